The molecule has 2 aromatic heterocycles. The Hall–Kier alpha value is -0.780. The average molecular weight is 253 g/mol. The lowest BCUT2D eigenvalue weighted by Gasteiger charge is -2.16. The number of nitrogens with zero attached hydrogens (tertiary/aromatic N) is 2. The molecule has 0 saturated carbocycles. The number of hydrogen-bond acceptors (Lipinski definition) is 5. The quantitative estimate of drug-likeness (QED) is 0.910. The van der Waals surface area contributed by atoms with Crippen molar-refractivity contribution in [2.24, 2.45) is 0 Å². The second-order valence-corrected chi connectivity index (χ2v) is 5.55. The van der Waals surface area contributed by atoms with Crippen LogP contribution in [0.4, 0.5) is 0 Å². The molecule has 1 N–H and O–H groups in total. The Bertz CT molecular complexity index is 421. The lowest BCUT2D eigenvalue weighted by Crippen LogP contribution is -2.21. The normalized spacial score (nSPS) is 12.9. The van der Waals surface area contributed by atoms with Crippen LogP contribution in [0.1, 0.15) is 34.0 Å². The van der Waals surface area contributed by atoms with Crippen LogP contribution < -0.4 is 5.32 Å². The van der Waals surface area contributed by atoms with E-state index in [9.17, 15) is 0 Å². The van der Waals surface area contributed by atoms with Crippen molar-refractivity contribution in [1.82, 2.24) is 14.9 Å². The second-order valence-electron chi connectivity index (χ2n) is 3.65. The second kappa shape index (κ2) is 5.03. The topological polar surface area (TPSA) is 37.8 Å². The summed E-state index contributed by atoms with van der Waals surface area (Å²) in [5.41, 5.74) is 2.38. The van der Waals surface area contributed by atoms with Crippen LogP contribution in [0, 0.1) is 13.8 Å². The van der Waals surface area contributed by atoms with Crippen molar-refractivity contribution in [3.05, 3.63) is 32.5 Å². The van der Waals surface area contributed by atoms with E-state index in [0.29, 0.717) is 0 Å². The lowest BCUT2D eigenvalue weighted by atomic mass is 10.1. The number of thiophene rings is 1. The van der Waals surface area contributed by atoms with E-state index in [1.807, 2.05) is 6.92 Å². The van der Waals surface area contributed by atoms with Gasteiger partial charge in [0.25, 0.3) is 0 Å². The largest absolute Gasteiger partial charge is 0.306 e. The van der Waals surface area contributed by atoms with Gasteiger partial charge in [-0.2, -0.15) is 0 Å². The summed E-state index contributed by atoms with van der Waals surface area (Å²) in [7, 11) is 0. The average Bonchev–Trinajstić information content (AvgIpc) is 2.84. The van der Waals surface area contributed by atoms with Crippen molar-refractivity contribution in [2.45, 2.75) is 26.8 Å². The van der Waals surface area contributed by atoms with E-state index < -0.39 is 0 Å². The van der Waals surface area contributed by atoms with Gasteiger partial charge in [-0.3, -0.25) is 0 Å². The molecule has 0 amide bonds. The first-order chi connectivity index (χ1) is 7.74. The molecule has 16 heavy (non-hydrogen) atoms. The number of hydrogen-bond donors (Lipinski definition) is 1. The van der Waals surface area contributed by atoms with Gasteiger partial charge < -0.3 is 5.32 Å². The molecule has 0 saturated heterocycles. The smallest absolute Gasteiger partial charge is 0.0776 e. The first kappa shape index (κ1) is 11.7. The molecule has 0 spiro atoms. The van der Waals surface area contributed by atoms with Gasteiger partial charge in [-0.25, -0.2) is 0 Å². The van der Waals surface area contributed by atoms with Gasteiger partial charge in [0.1, 0.15) is 0 Å². The molecule has 0 aliphatic heterocycles. The van der Waals surface area contributed by atoms with Gasteiger partial charge in [0, 0.05) is 4.88 Å². The van der Waals surface area contributed by atoms with Gasteiger partial charge in [0.2, 0.25) is 0 Å². The minimum Gasteiger partial charge on any atom is -0.306 e. The number of rotatable bonds is 4. The maximum Gasteiger partial charge on any atom is 0.0776 e. The van der Waals surface area contributed by atoms with E-state index in [-0.39, 0.29) is 6.04 Å². The highest BCUT2D eigenvalue weighted by Crippen LogP contribution is 2.31. The molecule has 1 atom stereocenters. The molecule has 0 aromatic carbocycles. The van der Waals surface area contributed by atoms with Crippen molar-refractivity contribution in [3.8, 4) is 0 Å². The zero-order chi connectivity index (χ0) is 11.5. The summed E-state index contributed by atoms with van der Waals surface area (Å²) in [6, 6.07) is 2.43. The number of aryl methyl sites for hydroxylation is 2. The summed E-state index contributed by atoms with van der Waals surface area (Å²) in [6.07, 6.45) is 0. The lowest BCUT2D eigenvalue weighted by molar-refractivity contribution is 0.635. The Morgan fingerprint density at radius 2 is 2.25 bits per heavy atom. The highest BCUT2D eigenvalue weighted by molar-refractivity contribution is 7.10. The highest BCUT2D eigenvalue weighted by Gasteiger charge is 2.20. The van der Waals surface area contributed by atoms with Gasteiger partial charge in [-0.1, -0.05) is 11.4 Å². The molecule has 86 valence electrons. The molecule has 2 rings (SSSR count). The Morgan fingerprint density at radius 1 is 1.44 bits per heavy atom. The van der Waals surface area contributed by atoms with Crippen LogP contribution in [0.3, 0.4) is 0 Å². The monoisotopic (exact) mass is 253 g/mol. The summed E-state index contributed by atoms with van der Waals surface area (Å²) < 4.78 is 4.02. The van der Waals surface area contributed by atoms with Crippen LogP contribution in [-0.4, -0.2) is 16.1 Å². The van der Waals surface area contributed by atoms with Gasteiger partial charge in [0.05, 0.1) is 16.6 Å². The summed E-state index contributed by atoms with van der Waals surface area (Å²) in [4.78, 5) is 2.59. The fraction of sp³-hybridized carbons (Fsp3) is 0.455. The first-order valence-electron chi connectivity index (χ1n) is 5.30. The highest BCUT2D eigenvalue weighted by atomic mass is 32.1. The van der Waals surface area contributed by atoms with E-state index in [4.69, 9.17) is 0 Å². The number of aromatic nitrogens is 2. The van der Waals surface area contributed by atoms with Crippen molar-refractivity contribution in [3.63, 3.8) is 0 Å². The van der Waals surface area contributed by atoms with Crippen molar-refractivity contribution in [2.75, 3.05) is 6.54 Å². The van der Waals surface area contributed by atoms with E-state index >= 15 is 0 Å². The van der Waals surface area contributed by atoms with Gasteiger partial charge in [-0.05, 0) is 48.9 Å². The third kappa shape index (κ3) is 2.16. The summed E-state index contributed by atoms with van der Waals surface area (Å²) in [5.74, 6) is 0. The van der Waals surface area contributed by atoms with Crippen LogP contribution in [0.2, 0.25) is 0 Å². The molecule has 0 aliphatic carbocycles. The molecule has 5 heteroatoms. The van der Waals surface area contributed by atoms with Crippen LogP contribution >= 0.6 is 22.9 Å². The zero-order valence-corrected chi connectivity index (χ0v) is 11.3. The fourth-order valence-electron chi connectivity index (χ4n) is 1.74. The van der Waals surface area contributed by atoms with Gasteiger partial charge in [0.15, 0.2) is 0 Å². The van der Waals surface area contributed by atoms with Gasteiger partial charge in [-0.15, -0.1) is 16.4 Å². The van der Waals surface area contributed by atoms with Crippen LogP contribution in [0.15, 0.2) is 11.4 Å². The summed E-state index contributed by atoms with van der Waals surface area (Å²) in [5, 5.41) is 9.74. The minimum absolute atomic E-state index is 0.247. The van der Waals surface area contributed by atoms with E-state index in [2.05, 4.69) is 40.2 Å². The van der Waals surface area contributed by atoms with E-state index in [1.54, 1.807) is 11.3 Å². The first-order valence-corrected chi connectivity index (χ1v) is 6.95. The Morgan fingerprint density at radius 3 is 2.75 bits per heavy atom. The van der Waals surface area contributed by atoms with Crippen LogP contribution in [0.25, 0.3) is 0 Å². The van der Waals surface area contributed by atoms with Crippen LogP contribution in [-0.2, 0) is 0 Å². The molecule has 1 unspecified atom stereocenters. The molecule has 0 bridgehead atoms. The molecule has 2 aromatic rings. The fourth-order valence-corrected chi connectivity index (χ4v) is 3.23. The molecule has 2 heterocycles. The van der Waals surface area contributed by atoms with Crippen molar-refractivity contribution in [1.29, 1.82) is 0 Å². The maximum atomic E-state index is 4.09. The molecular weight excluding hydrogens is 238 g/mol. The Kier molecular flexibility index (Phi) is 3.68. The predicted molar refractivity (Wildman–Crippen MR) is 69.2 cm³/mol. The van der Waals surface area contributed by atoms with Crippen molar-refractivity contribution >= 4 is 22.9 Å². The van der Waals surface area contributed by atoms with E-state index in [1.165, 1.54) is 26.9 Å². The molecule has 3 nitrogen and oxygen atoms in total. The molecule has 0 aliphatic rings. The Balaban J connectivity index is 2.39. The standard InChI is InChI=1S/C11H15N3S2/c1-4-12-10(9-5-6-15-8(9)3)11-7(2)13-14-16-11/h5-6,10,12H,4H2,1-3H3. The third-order valence-corrected chi connectivity index (χ3v) is 4.32. The summed E-state index contributed by atoms with van der Waals surface area (Å²) in [6.45, 7) is 7.24. The van der Waals surface area contributed by atoms with Crippen LogP contribution in [0.5, 0.6) is 0 Å². The molecule has 0 radical (unpaired) electrons. The van der Waals surface area contributed by atoms with Crippen molar-refractivity contribution < 1.29 is 0 Å². The molecular formula is C11H15N3S2. The SMILES string of the molecule is CCNC(c1ccsc1C)c1snnc1C. The summed E-state index contributed by atoms with van der Waals surface area (Å²) >= 11 is 3.27. The Labute approximate surface area is 104 Å². The minimum atomic E-state index is 0.247. The third-order valence-electron chi connectivity index (χ3n) is 2.57. The predicted octanol–water partition coefficient (Wildman–Crippen LogP) is 2.92. The number of nitrogens with one attached hydrogen (secondary N) is 1. The maximum absolute atomic E-state index is 4.09. The van der Waals surface area contributed by atoms with Gasteiger partial charge >= 0.3 is 0 Å². The zero-order valence-electron chi connectivity index (χ0n) is 9.65. The molecule has 0 fully saturated rings. The van der Waals surface area contributed by atoms with E-state index in [0.717, 1.165) is 12.2 Å².